The summed E-state index contributed by atoms with van der Waals surface area (Å²) in [7, 11) is 0. The maximum atomic E-state index is 13.0. The normalized spacial score (nSPS) is 14.1. The van der Waals surface area contributed by atoms with Gasteiger partial charge in [0.05, 0.1) is 0 Å². The Bertz CT molecular complexity index is 829. The van der Waals surface area contributed by atoms with E-state index < -0.39 is 6.04 Å². The highest BCUT2D eigenvalue weighted by Gasteiger charge is 2.28. The first-order valence-electron chi connectivity index (χ1n) is 9.61. The van der Waals surface area contributed by atoms with Crippen molar-refractivity contribution in [3.63, 3.8) is 0 Å². The number of fused-ring (bicyclic) bond motifs is 1. The van der Waals surface area contributed by atoms with Crippen molar-refractivity contribution >= 4 is 23.2 Å². The van der Waals surface area contributed by atoms with Crippen molar-refractivity contribution in [2.45, 2.75) is 38.8 Å². The van der Waals surface area contributed by atoms with E-state index >= 15 is 0 Å². The number of amides is 2. The van der Waals surface area contributed by atoms with Gasteiger partial charge in [-0.3, -0.25) is 9.59 Å². The molecule has 0 radical (unpaired) electrons. The first kappa shape index (κ1) is 20.1. The van der Waals surface area contributed by atoms with Gasteiger partial charge in [0, 0.05) is 23.5 Å². The van der Waals surface area contributed by atoms with Gasteiger partial charge < -0.3 is 15.0 Å². The lowest BCUT2D eigenvalue weighted by atomic mass is 10.1. The number of carbonyl (C=O) groups is 2. The van der Waals surface area contributed by atoms with E-state index in [1.54, 1.807) is 41.7 Å². The SMILES string of the molecule is C=CCOc1ccc(C(=O)NC(CCC)C(=O)N2CCc3sccc3C2)cc1. The van der Waals surface area contributed by atoms with E-state index in [2.05, 4.69) is 23.3 Å². The van der Waals surface area contributed by atoms with Gasteiger partial charge in [0.15, 0.2) is 0 Å². The number of ether oxygens (including phenoxy) is 1. The molecule has 0 aliphatic carbocycles. The second-order valence-electron chi connectivity index (χ2n) is 6.82. The molecule has 1 atom stereocenters. The molecule has 1 aromatic carbocycles. The smallest absolute Gasteiger partial charge is 0.251 e. The Morgan fingerprint density at radius 1 is 1.32 bits per heavy atom. The van der Waals surface area contributed by atoms with Gasteiger partial charge in [0.1, 0.15) is 18.4 Å². The number of nitrogens with one attached hydrogen (secondary N) is 1. The van der Waals surface area contributed by atoms with E-state index in [0.717, 1.165) is 12.8 Å². The first-order chi connectivity index (χ1) is 13.6. The van der Waals surface area contributed by atoms with Crippen LogP contribution in [0.15, 0.2) is 48.4 Å². The van der Waals surface area contributed by atoms with Gasteiger partial charge in [-0.1, -0.05) is 26.0 Å². The molecule has 0 saturated carbocycles. The summed E-state index contributed by atoms with van der Waals surface area (Å²) in [5.41, 5.74) is 1.74. The molecule has 1 aromatic heterocycles. The van der Waals surface area contributed by atoms with E-state index in [-0.39, 0.29) is 11.8 Å². The first-order valence-corrected chi connectivity index (χ1v) is 10.5. The minimum atomic E-state index is -0.505. The van der Waals surface area contributed by atoms with E-state index in [4.69, 9.17) is 4.74 Å². The summed E-state index contributed by atoms with van der Waals surface area (Å²) in [4.78, 5) is 28.9. The summed E-state index contributed by atoms with van der Waals surface area (Å²) in [6, 6.07) is 8.49. The Morgan fingerprint density at radius 2 is 2.11 bits per heavy atom. The topological polar surface area (TPSA) is 58.6 Å². The number of hydrogen-bond acceptors (Lipinski definition) is 4. The van der Waals surface area contributed by atoms with E-state index in [9.17, 15) is 9.59 Å². The van der Waals surface area contributed by atoms with Crippen molar-refractivity contribution in [1.82, 2.24) is 10.2 Å². The highest BCUT2D eigenvalue weighted by atomic mass is 32.1. The number of nitrogens with zero attached hydrogens (tertiary/aromatic N) is 1. The molecule has 1 aliphatic heterocycles. The maximum Gasteiger partial charge on any atom is 0.251 e. The lowest BCUT2D eigenvalue weighted by Gasteiger charge is -2.31. The summed E-state index contributed by atoms with van der Waals surface area (Å²) in [5.74, 6) is 0.436. The van der Waals surface area contributed by atoms with Crippen LogP contribution < -0.4 is 10.1 Å². The van der Waals surface area contributed by atoms with Crippen molar-refractivity contribution in [1.29, 1.82) is 0 Å². The molecule has 1 unspecified atom stereocenters. The molecule has 28 heavy (non-hydrogen) atoms. The van der Waals surface area contributed by atoms with E-state index in [1.807, 2.05) is 11.8 Å². The van der Waals surface area contributed by atoms with Crippen molar-refractivity contribution in [3.05, 3.63) is 64.4 Å². The van der Waals surface area contributed by atoms with E-state index in [0.29, 0.717) is 37.4 Å². The van der Waals surface area contributed by atoms with Crippen molar-refractivity contribution in [2.24, 2.45) is 0 Å². The number of carbonyl (C=O) groups excluding carboxylic acids is 2. The monoisotopic (exact) mass is 398 g/mol. The summed E-state index contributed by atoms with van der Waals surface area (Å²) in [5, 5.41) is 5.00. The predicted molar refractivity (Wildman–Crippen MR) is 112 cm³/mol. The highest BCUT2D eigenvalue weighted by Crippen LogP contribution is 2.24. The third kappa shape index (κ3) is 4.81. The fraction of sp³-hybridized carbons (Fsp3) is 0.364. The van der Waals surface area contributed by atoms with Crippen LogP contribution in [0.1, 0.15) is 40.6 Å². The maximum absolute atomic E-state index is 13.0. The van der Waals surface area contributed by atoms with Crippen LogP contribution in [0, 0.1) is 0 Å². The summed E-state index contributed by atoms with van der Waals surface area (Å²) >= 11 is 1.75. The Balaban J connectivity index is 1.64. The molecule has 0 fully saturated rings. The van der Waals surface area contributed by atoms with Crippen molar-refractivity contribution in [3.8, 4) is 5.75 Å². The fourth-order valence-electron chi connectivity index (χ4n) is 3.30. The van der Waals surface area contributed by atoms with E-state index in [1.165, 1.54) is 10.4 Å². The molecule has 6 heteroatoms. The molecule has 0 bridgehead atoms. The summed E-state index contributed by atoms with van der Waals surface area (Å²) < 4.78 is 5.44. The minimum absolute atomic E-state index is 0.00186. The third-order valence-electron chi connectivity index (χ3n) is 4.78. The molecule has 2 heterocycles. The second kappa shape index (κ2) is 9.55. The molecular weight excluding hydrogens is 372 g/mol. The summed E-state index contributed by atoms with van der Waals surface area (Å²) in [6.45, 7) is 7.38. The molecule has 2 amide bonds. The quantitative estimate of drug-likeness (QED) is 0.688. The van der Waals surface area contributed by atoms with Crippen LogP contribution in [0.3, 0.4) is 0 Å². The van der Waals surface area contributed by atoms with Crippen LogP contribution in [0.2, 0.25) is 0 Å². The largest absolute Gasteiger partial charge is 0.490 e. The standard InChI is InChI=1S/C22H26N2O3S/c1-3-5-19(22(26)24-12-10-20-17(15-24)11-14-28-20)23-21(25)16-6-8-18(9-7-16)27-13-4-2/h4,6-9,11,14,19H,2-3,5,10,12-13,15H2,1H3,(H,23,25). The Hall–Kier alpha value is -2.60. The van der Waals surface area contributed by atoms with Crippen LogP contribution in [0.4, 0.5) is 0 Å². The zero-order chi connectivity index (χ0) is 19.9. The fourth-order valence-corrected chi connectivity index (χ4v) is 4.19. The lowest BCUT2D eigenvalue weighted by molar-refractivity contribution is -0.134. The van der Waals surface area contributed by atoms with Gasteiger partial charge in [-0.05, 0) is 54.1 Å². The average molecular weight is 399 g/mol. The summed E-state index contributed by atoms with van der Waals surface area (Å²) in [6.07, 6.45) is 4.00. The molecule has 1 aliphatic rings. The van der Waals surface area contributed by atoms with Crippen LogP contribution in [-0.4, -0.2) is 35.9 Å². The van der Waals surface area contributed by atoms with Crippen LogP contribution >= 0.6 is 11.3 Å². The molecule has 5 nitrogen and oxygen atoms in total. The number of rotatable bonds is 8. The molecule has 0 saturated heterocycles. The second-order valence-corrected chi connectivity index (χ2v) is 7.82. The minimum Gasteiger partial charge on any atom is -0.490 e. The molecular formula is C22H26N2O3S. The van der Waals surface area contributed by atoms with Gasteiger partial charge in [-0.15, -0.1) is 11.3 Å². The third-order valence-corrected chi connectivity index (χ3v) is 5.81. The Morgan fingerprint density at radius 3 is 2.82 bits per heavy atom. The average Bonchev–Trinajstić information content (AvgIpc) is 3.19. The number of hydrogen-bond donors (Lipinski definition) is 1. The molecule has 1 N–H and O–H groups in total. The zero-order valence-electron chi connectivity index (χ0n) is 16.1. The zero-order valence-corrected chi connectivity index (χ0v) is 17.0. The van der Waals surface area contributed by atoms with Gasteiger partial charge in [0.2, 0.25) is 5.91 Å². The molecule has 2 aromatic rings. The van der Waals surface area contributed by atoms with Crippen LogP contribution in [0.25, 0.3) is 0 Å². The number of benzene rings is 1. The van der Waals surface area contributed by atoms with Crippen LogP contribution in [0.5, 0.6) is 5.75 Å². The molecule has 148 valence electrons. The van der Waals surface area contributed by atoms with Crippen LogP contribution in [-0.2, 0) is 17.8 Å². The predicted octanol–water partition coefficient (Wildman–Crippen LogP) is 3.80. The van der Waals surface area contributed by atoms with Gasteiger partial charge in [-0.2, -0.15) is 0 Å². The lowest BCUT2D eigenvalue weighted by Crippen LogP contribution is -2.49. The molecule has 3 rings (SSSR count). The van der Waals surface area contributed by atoms with Gasteiger partial charge >= 0.3 is 0 Å². The Kier molecular flexibility index (Phi) is 6.87. The van der Waals surface area contributed by atoms with Gasteiger partial charge in [0.25, 0.3) is 5.91 Å². The highest BCUT2D eigenvalue weighted by molar-refractivity contribution is 7.10. The Labute approximate surface area is 170 Å². The number of thiophene rings is 1. The van der Waals surface area contributed by atoms with Crippen molar-refractivity contribution in [2.75, 3.05) is 13.2 Å². The van der Waals surface area contributed by atoms with Gasteiger partial charge in [-0.25, -0.2) is 0 Å². The molecule has 0 spiro atoms. The van der Waals surface area contributed by atoms with Crippen molar-refractivity contribution < 1.29 is 14.3 Å².